The third-order valence-electron chi connectivity index (χ3n) is 1.65. The average molecular weight is 185 g/mol. The summed E-state index contributed by atoms with van der Waals surface area (Å²) in [5, 5.41) is 10.5. The van der Waals surface area contributed by atoms with Gasteiger partial charge in [0.2, 0.25) is 0 Å². The Morgan fingerprint density at radius 2 is 2.17 bits per heavy atom. The molecule has 0 saturated heterocycles. The van der Waals surface area contributed by atoms with E-state index in [0.29, 0.717) is 5.56 Å². The molecule has 0 aliphatic rings. The number of nitro benzene ring substituents is 1. The molecule has 1 radical (unpaired) electrons. The maximum atomic E-state index is 10.4. The van der Waals surface area contributed by atoms with Crippen molar-refractivity contribution in [1.82, 2.24) is 0 Å². The van der Waals surface area contributed by atoms with Crippen LogP contribution in [-0.4, -0.2) is 4.92 Å². The van der Waals surface area contributed by atoms with Crippen LogP contribution in [0.1, 0.15) is 11.1 Å². The highest BCUT2D eigenvalue weighted by Crippen LogP contribution is 2.29. The fourth-order valence-corrected chi connectivity index (χ4v) is 1.13. The van der Waals surface area contributed by atoms with Crippen molar-refractivity contribution in [3.8, 4) is 0 Å². The molecule has 0 spiro atoms. The quantitative estimate of drug-likeness (QED) is 0.498. The van der Waals surface area contributed by atoms with Crippen LogP contribution in [0.15, 0.2) is 12.1 Å². The maximum Gasteiger partial charge on any atom is 0.288 e. The van der Waals surface area contributed by atoms with Crippen LogP contribution < -0.4 is 0 Å². The van der Waals surface area contributed by atoms with Crippen LogP contribution in [-0.2, 0) is 0 Å². The van der Waals surface area contributed by atoms with E-state index in [4.69, 9.17) is 11.6 Å². The summed E-state index contributed by atoms with van der Waals surface area (Å²) in [6.07, 6.45) is 0. The fourth-order valence-electron chi connectivity index (χ4n) is 0.846. The normalized spacial score (nSPS) is 9.92. The maximum absolute atomic E-state index is 10.4. The minimum absolute atomic E-state index is 0.0905. The van der Waals surface area contributed by atoms with Gasteiger partial charge in [0.25, 0.3) is 5.69 Å². The summed E-state index contributed by atoms with van der Waals surface area (Å²) in [4.78, 5) is 9.86. The number of hydrogen-bond acceptors (Lipinski definition) is 2. The Balaban J connectivity index is 3.36. The zero-order valence-corrected chi connectivity index (χ0v) is 7.26. The first-order chi connectivity index (χ1) is 5.54. The van der Waals surface area contributed by atoms with Gasteiger partial charge in [-0.15, -0.1) is 0 Å². The minimum Gasteiger partial charge on any atom is -0.258 e. The number of aryl methyl sites for hydroxylation is 1. The van der Waals surface area contributed by atoms with Crippen molar-refractivity contribution in [2.24, 2.45) is 0 Å². The Morgan fingerprint density at radius 3 is 2.67 bits per heavy atom. The molecule has 0 saturated carbocycles. The molecule has 12 heavy (non-hydrogen) atoms. The van der Waals surface area contributed by atoms with Gasteiger partial charge in [-0.1, -0.05) is 17.7 Å². The molecular formula is C8H7ClNO2. The smallest absolute Gasteiger partial charge is 0.258 e. The van der Waals surface area contributed by atoms with E-state index in [0.717, 1.165) is 5.56 Å². The SMILES string of the molecule is [CH2]c1c(C)ccc([N+](=O)[O-])c1Cl. The third kappa shape index (κ3) is 1.41. The first-order valence-electron chi connectivity index (χ1n) is 3.29. The summed E-state index contributed by atoms with van der Waals surface area (Å²) in [7, 11) is 0. The van der Waals surface area contributed by atoms with E-state index in [-0.39, 0.29) is 10.7 Å². The van der Waals surface area contributed by atoms with Gasteiger partial charge in [0, 0.05) is 6.07 Å². The molecule has 3 nitrogen and oxygen atoms in total. The molecule has 1 rings (SSSR count). The molecule has 0 fully saturated rings. The zero-order chi connectivity index (χ0) is 9.30. The topological polar surface area (TPSA) is 43.1 Å². The summed E-state index contributed by atoms with van der Waals surface area (Å²) in [6.45, 7) is 5.43. The van der Waals surface area contributed by atoms with E-state index in [1.807, 2.05) is 0 Å². The van der Waals surface area contributed by atoms with E-state index >= 15 is 0 Å². The predicted molar refractivity (Wildman–Crippen MR) is 47.3 cm³/mol. The summed E-state index contributed by atoms with van der Waals surface area (Å²) < 4.78 is 0. The second-order valence-electron chi connectivity index (χ2n) is 2.45. The highest BCUT2D eigenvalue weighted by Gasteiger charge is 2.14. The van der Waals surface area contributed by atoms with Crippen LogP contribution >= 0.6 is 11.6 Å². The van der Waals surface area contributed by atoms with E-state index in [9.17, 15) is 10.1 Å². The summed E-state index contributed by atoms with van der Waals surface area (Å²) in [5.41, 5.74) is 1.28. The molecule has 0 amide bonds. The molecule has 0 aliphatic carbocycles. The summed E-state index contributed by atoms with van der Waals surface area (Å²) in [6, 6.07) is 3.01. The standard InChI is InChI=1S/C8H7ClNO2/c1-5-3-4-7(10(11)12)8(9)6(5)2/h3-4H,2H2,1H3. The Hall–Kier alpha value is -1.09. The van der Waals surface area contributed by atoms with E-state index in [1.54, 1.807) is 13.0 Å². The van der Waals surface area contributed by atoms with E-state index in [2.05, 4.69) is 6.92 Å². The van der Waals surface area contributed by atoms with Crippen LogP contribution in [0, 0.1) is 24.0 Å². The lowest BCUT2D eigenvalue weighted by Crippen LogP contribution is -1.92. The van der Waals surface area contributed by atoms with Gasteiger partial charge >= 0.3 is 0 Å². The van der Waals surface area contributed by atoms with Crippen molar-refractivity contribution in [2.75, 3.05) is 0 Å². The van der Waals surface area contributed by atoms with Crippen molar-refractivity contribution >= 4 is 17.3 Å². The number of nitro groups is 1. The lowest BCUT2D eigenvalue weighted by atomic mass is 10.1. The molecule has 0 aromatic heterocycles. The lowest BCUT2D eigenvalue weighted by molar-refractivity contribution is -0.384. The molecule has 0 bridgehead atoms. The van der Waals surface area contributed by atoms with Gasteiger partial charge in [0.05, 0.1) is 4.92 Å². The highest BCUT2D eigenvalue weighted by atomic mass is 35.5. The lowest BCUT2D eigenvalue weighted by Gasteiger charge is -2.01. The van der Waals surface area contributed by atoms with Gasteiger partial charge in [-0.3, -0.25) is 10.1 Å². The molecule has 0 unspecified atom stereocenters. The number of halogens is 1. The first kappa shape index (κ1) is 9.00. The Morgan fingerprint density at radius 1 is 1.58 bits per heavy atom. The Labute approximate surface area is 75.1 Å². The van der Waals surface area contributed by atoms with Crippen LogP contribution in [0.5, 0.6) is 0 Å². The molecule has 0 N–H and O–H groups in total. The molecule has 1 aromatic carbocycles. The molecular weight excluding hydrogens is 178 g/mol. The molecule has 0 atom stereocenters. The van der Waals surface area contributed by atoms with Crippen LogP contribution in [0.4, 0.5) is 5.69 Å². The number of benzene rings is 1. The van der Waals surface area contributed by atoms with Gasteiger partial charge in [-0.2, -0.15) is 0 Å². The second kappa shape index (κ2) is 3.11. The zero-order valence-electron chi connectivity index (χ0n) is 6.50. The van der Waals surface area contributed by atoms with Gasteiger partial charge in [0.15, 0.2) is 0 Å². The van der Waals surface area contributed by atoms with Crippen molar-refractivity contribution < 1.29 is 4.92 Å². The Bertz CT molecular complexity index is 336. The van der Waals surface area contributed by atoms with Gasteiger partial charge < -0.3 is 0 Å². The summed E-state index contributed by atoms with van der Waals surface area (Å²) in [5.74, 6) is 0. The van der Waals surface area contributed by atoms with Gasteiger partial charge in [-0.25, -0.2) is 0 Å². The molecule has 0 aliphatic heterocycles. The Kier molecular flexibility index (Phi) is 2.33. The van der Waals surface area contributed by atoms with Gasteiger partial charge in [0.1, 0.15) is 5.02 Å². The van der Waals surface area contributed by atoms with E-state index < -0.39 is 4.92 Å². The predicted octanol–water partition coefficient (Wildman–Crippen LogP) is 2.74. The second-order valence-corrected chi connectivity index (χ2v) is 2.83. The molecule has 4 heteroatoms. The van der Waals surface area contributed by atoms with Crippen LogP contribution in [0.25, 0.3) is 0 Å². The molecule has 63 valence electrons. The van der Waals surface area contributed by atoms with E-state index in [1.165, 1.54) is 6.07 Å². The average Bonchev–Trinajstić information content (AvgIpc) is 2.00. The monoisotopic (exact) mass is 184 g/mol. The number of hydrogen-bond donors (Lipinski definition) is 0. The largest absolute Gasteiger partial charge is 0.288 e. The van der Waals surface area contributed by atoms with Crippen LogP contribution in [0.2, 0.25) is 5.02 Å². The first-order valence-corrected chi connectivity index (χ1v) is 3.67. The third-order valence-corrected chi connectivity index (χ3v) is 2.08. The minimum atomic E-state index is -0.517. The number of nitrogens with zero attached hydrogens (tertiary/aromatic N) is 1. The molecule has 1 aromatic rings. The summed E-state index contributed by atoms with van der Waals surface area (Å²) >= 11 is 5.69. The number of rotatable bonds is 1. The van der Waals surface area contributed by atoms with Crippen molar-refractivity contribution in [1.29, 1.82) is 0 Å². The fraction of sp³-hybridized carbons (Fsp3) is 0.125. The van der Waals surface area contributed by atoms with Crippen molar-refractivity contribution in [3.63, 3.8) is 0 Å². The van der Waals surface area contributed by atoms with Crippen LogP contribution in [0.3, 0.4) is 0 Å². The van der Waals surface area contributed by atoms with Crippen molar-refractivity contribution in [3.05, 3.63) is 45.3 Å². The van der Waals surface area contributed by atoms with Gasteiger partial charge in [-0.05, 0) is 25.0 Å². The highest BCUT2D eigenvalue weighted by molar-refractivity contribution is 6.33. The van der Waals surface area contributed by atoms with Crippen molar-refractivity contribution in [2.45, 2.75) is 6.92 Å². The molecule has 0 heterocycles.